The van der Waals surface area contributed by atoms with Gasteiger partial charge in [0.15, 0.2) is 0 Å². The Kier molecular flexibility index (Phi) is 5.08. The summed E-state index contributed by atoms with van der Waals surface area (Å²) in [7, 11) is 0. The van der Waals surface area contributed by atoms with Crippen LogP contribution in [0.5, 0.6) is 0 Å². The lowest BCUT2D eigenvalue weighted by Gasteiger charge is -2.34. The van der Waals surface area contributed by atoms with Crippen LogP contribution in [-0.4, -0.2) is 52.7 Å². The number of carbonyl (C=O) groups is 3. The predicted molar refractivity (Wildman–Crippen MR) is 91.1 cm³/mol. The molecule has 1 aromatic rings. The van der Waals surface area contributed by atoms with E-state index in [0.29, 0.717) is 18.7 Å². The van der Waals surface area contributed by atoms with Crippen molar-refractivity contribution in [3.63, 3.8) is 0 Å². The number of likely N-dealkylation sites (tertiary alicyclic amines) is 1. The molecule has 2 heterocycles. The minimum atomic E-state index is -0.946. The number of fused-ring (bicyclic) bond motifs is 1. The number of nitrogens with zero attached hydrogens (tertiary/aromatic N) is 2. The van der Waals surface area contributed by atoms with Gasteiger partial charge in [-0.2, -0.15) is 0 Å². The molecule has 2 aliphatic rings. The molecule has 0 aliphatic carbocycles. The molecule has 1 atom stereocenters. The summed E-state index contributed by atoms with van der Waals surface area (Å²) in [5.74, 6) is -0.781. The first kappa shape index (κ1) is 16.8. The van der Waals surface area contributed by atoms with Gasteiger partial charge in [0.2, 0.25) is 11.8 Å². The number of benzene rings is 1. The SMILES string of the molecule is O=C(O)[C@@H]1CCCCN1C(=O)CCN1C(=O)CSc2ccccc21. The lowest BCUT2D eigenvalue weighted by molar-refractivity contribution is -0.152. The minimum absolute atomic E-state index is 0.0140. The van der Waals surface area contributed by atoms with Crippen molar-refractivity contribution in [3.8, 4) is 0 Å². The zero-order valence-corrected chi connectivity index (χ0v) is 14.1. The molecular formula is C17H20N2O4S. The van der Waals surface area contributed by atoms with E-state index in [2.05, 4.69) is 0 Å². The largest absolute Gasteiger partial charge is 0.480 e. The van der Waals surface area contributed by atoms with Crippen molar-refractivity contribution in [1.82, 2.24) is 4.90 Å². The van der Waals surface area contributed by atoms with E-state index in [1.165, 1.54) is 16.7 Å². The molecule has 6 nitrogen and oxygen atoms in total. The number of hydrogen-bond donors (Lipinski definition) is 1. The summed E-state index contributed by atoms with van der Waals surface area (Å²) < 4.78 is 0. The standard InChI is InChI=1S/C17H20N2O4S/c20-15(18-9-4-3-6-13(18)17(22)23)8-10-19-12-5-1-2-7-14(12)24-11-16(19)21/h1-2,5,7,13H,3-4,6,8-11H2,(H,22,23)/t13-/m0/s1. The number of anilines is 1. The van der Waals surface area contributed by atoms with Crippen LogP contribution < -0.4 is 4.90 Å². The highest BCUT2D eigenvalue weighted by Crippen LogP contribution is 2.35. The van der Waals surface area contributed by atoms with Crippen molar-refractivity contribution < 1.29 is 19.5 Å². The molecule has 1 N–H and O–H groups in total. The molecule has 24 heavy (non-hydrogen) atoms. The number of para-hydroxylation sites is 1. The number of thioether (sulfide) groups is 1. The Morgan fingerprint density at radius 2 is 2.04 bits per heavy atom. The fraction of sp³-hybridized carbons (Fsp3) is 0.471. The first-order valence-electron chi connectivity index (χ1n) is 8.12. The summed E-state index contributed by atoms with van der Waals surface area (Å²) in [6, 6.07) is 6.91. The molecule has 0 saturated carbocycles. The van der Waals surface area contributed by atoms with Gasteiger partial charge in [-0.3, -0.25) is 9.59 Å². The van der Waals surface area contributed by atoms with E-state index in [4.69, 9.17) is 0 Å². The number of carbonyl (C=O) groups excluding carboxylic acids is 2. The van der Waals surface area contributed by atoms with E-state index in [1.54, 1.807) is 4.90 Å². The number of hydrogen-bond acceptors (Lipinski definition) is 4. The predicted octanol–water partition coefficient (Wildman–Crippen LogP) is 1.98. The van der Waals surface area contributed by atoms with Crippen molar-refractivity contribution in [2.24, 2.45) is 0 Å². The second-order valence-electron chi connectivity index (χ2n) is 5.99. The Morgan fingerprint density at radius 3 is 2.83 bits per heavy atom. The van der Waals surface area contributed by atoms with Crippen LogP contribution in [-0.2, 0) is 14.4 Å². The molecule has 1 fully saturated rings. The van der Waals surface area contributed by atoms with Crippen molar-refractivity contribution in [2.45, 2.75) is 36.6 Å². The summed E-state index contributed by atoms with van der Waals surface area (Å²) in [5, 5.41) is 9.29. The van der Waals surface area contributed by atoms with Gasteiger partial charge in [0, 0.05) is 24.4 Å². The van der Waals surface area contributed by atoms with Gasteiger partial charge in [-0.15, -0.1) is 11.8 Å². The van der Waals surface area contributed by atoms with E-state index >= 15 is 0 Å². The lowest BCUT2D eigenvalue weighted by Crippen LogP contribution is -2.49. The van der Waals surface area contributed by atoms with Crippen molar-refractivity contribution in [3.05, 3.63) is 24.3 Å². The van der Waals surface area contributed by atoms with E-state index < -0.39 is 12.0 Å². The maximum absolute atomic E-state index is 12.5. The molecule has 2 amide bonds. The van der Waals surface area contributed by atoms with Crippen LogP contribution in [0.4, 0.5) is 5.69 Å². The van der Waals surface area contributed by atoms with Gasteiger partial charge in [-0.1, -0.05) is 12.1 Å². The Morgan fingerprint density at radius 1 is 1.25 bits per heavy atom. The van der Waals surface area contributed by atoms with Crippen molar-refractivity contribution in [1.29, 1.82) is 0 Å². The second kappa shape index (κ2) is 7.25. The van der Waals surface area contributed by atoms with Crippen LogP contribution in [0.1, 0.15) is 25.7 Å². The summed E-state index contributed by atoms with van der Waals surface area (Å²) >= 11 is 1.50. The average molecular weight is 348 g/mol. The highest BCUT2D eigenvalue weighted by atomic mass is 32.2. The fourth-order valence-corrected chi connectivity index (χ4v) is 4.17. The highest BCUT2D eigenvalue weighted by Gasteiger charge is 2.32. The normalized spacial score (nSPS) is 20.7. The quantitative estimate of drug-likeness (QED) is 0.900. The summed E-state index contributed by atoms with van der Waals surface area (Å²) in [5.41, 5.74) is 0.833. The average Bonchev–Trinajstić information content (AvgIpc) is 2.60. The third kappa shape index (κ3) is 3.40. The summed E-state index contributed by atoms with van der Waals surface area (Å²) in [6.45, 7) is 0.772. The minimum Gasteiger partial charge on any atom is -0.480 e. The highest BCUT2D eigenvalue weighted by molar-refractivity contribution is 8.00. The molecule has 0 radical (unpaired) electrons. The second-order valence-corrected chi connectivity index (χ2v) is 7.01. The molecule has 7 heteroatoms. The van der Waals surface area contributed by atoms with Crippen LogP contribution in [0.2, 0.25) is 0 Å². The monoisotopic (exact) mass is 348 g/mol. The number of rotatable bonds is 4. The van der Waals surface area contributed by atoms with Gasteiger partial charge in [0.05, 0.1) is 11.4 Å². The Bertz CT molecular complexity index is 664. The van der Waals surface area contributed by atoms with Crippen LogP contribution >= 0.6 is 11.8 Å². The Hall–Kier alpha value is -2.02. The van der Waals surface area contributed by atoms with Gasteiger partial charge >= 0.3 is 5.97 Å². The van der Waals surface area contributed by atoms with E-state index in [1.807, 2.05) is 24.3 Å². The molecule has 1 aromatic carbocycles. The van der Waals surface area contributed by atoms with E-state index in [9.17, 15) is 19.5 Å². The zero-order valence-electron chi connectivity index (χ0n) is 13.3. The third-order valence-electron chi connectivity index (χ3n) is 4.47. The number of carboxylic acids is 1. The molecule has 2 aliphatic heterocycles. The molecule has 3 rings (SSSR count). The molecule has 0 bridgehead atoms. The first-order valence-corrected chi connectivity index (χ1v) is 9.11. The number of piperidine rings is 1. The van der Waals surface area contributed by atoms with E-state index in [0.717, 1.165) is 23.4 Å². The smallest absolute Gasteiger partial charge is 0.326 e. The van der Waals surface area contributed by atoms with Crippen LogP contribution in [0, 0.1) is 0 Å². The van der Waals surface area contributed by atoms with Crippen molar-refractivity contribution >= 4 is 35.2 Å². The zero-order chi connectivity index (χ0) is 17.1. The fourth-order valence-electron chi connectivity index (χ4n) is 3.24. The molecule has 1 saturated heterocycles. The van der Waals surface area contributed by atoms with Crippen LogP contribution in [0.3, 0.4) is 0 Å². The van der Waals surface area contributed by atoms with Crippen LogP contribution in [0.15, 0.2) is 29.2 Å². The van der Waals surface area contributed by atoms with Crippen LogP contribution in [0.25, 0.3) is 0 Å². The topological polar surface area (TPSA) is 77.9 Å². The maximum atomic E-state index is 12.5. The summed E-state index contributed by atoms with van der Waals surface area (Å²) in [4.78, 5) is 40.2. The third-order valence-corrected chi connectivity index (χ3v) is 5.51. The molecule has 0 aromatic heterocycles. The number of carboxylic acid groups (broad SMARTS) is 1. The summed E-state index contributed by atoms with van der Waals surface area (Å²) in [6.07, 6.45) is 2.31. The maximum Gasteiger partial charge on any atom is 0.326 e. The lowest BCUT2D eigenvalue weighted by atomic mass is 10.0. The molecule has 0 unspecified atom stereocenters. The molecular weight excluding hydrogens is 328 g/mol. The van der Waals surface area contributed by atoms with Gasteiger partial charge in [0.25, 0.3) is 0 Å². The molecule has 128 valence electrons. The van der Waals surface area contributed by atoms with Crippen molar-refractivity contribution in [2.75, 3.05) is 23.7 Å². The van der Waals surface area contributed by atoms with E-state index in [-0.39, 0.29) is 24.8 Å². The van der Waals surface area contributed by atoms with Gasteiger partial charge < -0.3 is 14.9 Å². The van der Waals surface area contributed by atoms with Gasteiger partial charge in [0.1, 0.15) is 6.04 Å². The first-order chi connectivity index (χ1) is 11.6. The number of aliphatic carboxylic acids is 1. The van der Waals surface area contributed by atoms with Gasteiger partial charge in [-0.25, -0.2) is 4.79 Å². The van der Waals surface area contributed by atoms with Gasteiger partial charge in [-0.05, 0) is 31.4 Å². The Balaban J connectivity index is 1.68. The number of amides is 2. The molecule has 0 spiro atoms. The Labute approximate surface area is 144 Å².